The van der Waals surface area contributed by atoms with Crippen molar-refractivity contribution in [3.63, 3.8) is 0 Å². The molecule has 0 radical (unpaired) electrons. The van der Waals surface area contributed by atoms with Gasteiger partial charge in [-0.1, -0.05) is 24.3 Å². The van der Waals surface area contributed by atoms with E-state index in [2.05, 4.69) is 4.90 Å². The molecule has 2 aliphatic rings. The maximum Gasteiger partial charge on any atom is 0.260 e. The van der Waals surface area contributed by atoms with Gasteiger partial charge in [0.1, 0.15) is 11.5 Å². The molecular weight excluding hydrogens is 434 g/mol. The molecule has 0 N–H and O–H groups in total. The first-order valence-corrected chi connectivity index (χ1v) is 11.9. The number of morpholine rings is 1. The number of hydrogen-bond acceptors (Lipinski definition) is 6. The Morgan fingerprint density at radius 2 is 1.76 bits per heavy atom. The molecule has 2 aliphatic heterocycles. The molecule has 2 saturated heterocycles. The van der Waals surface area contributed by atoms with Crippen LogP contribution in [-0.2, 0) is 9.53 Å². The Morgan fingerprint density at radius 1 is 0.941 bits per heavy atom. The minimum atomic E-state index is -0.0462. The van der Waals surface area contributed by atoms with Crippen LogP contribution < -0.4 is 9.47 Å². The van der Waals surface area contributed by atoms with Crippen LogP contribution in [0, 0.1) is 0 Å². The highest BCUT2D eigenvalue weighted by Crippen LogP contribution is 2.17. The standard InChI is InChI=1S/C26H33N3O5/c1-32-23-10-5-7-21(17-23)26(31)28-12-6-11-27(13-14-28)18-24-19-29(15-16-33-24)25(30)20-34-22-8-3-2-4-9-22/h2-5,7-10,17,24H,6,11-16,18-20H2,1H3/t24-/m0/s1. The summed E-state index contributed by atoms with van der Waals surface area (Å²) < 4.78 is 16.8. The summed E-state index contributed by atoms with van der Waals surface area (Å²) in [6.07, 6.45) is 0.853. The van der Waals surface area contributed by atoms with Crippen molar-refractivity contribution in [2.45, 2.75) is 12.5 Å². The van der Waals surface area contributed by atoms with Gasteiger partial charge in [0.05, 0.1) is 19.8 Å². The Morgan fingerprint density at radius 3 is 2.59 bits per heavy atom. The van der Waals surface area contributed by atoms with Crippen molar-refractivity contribution in [1.82, 2.24) is 14.7 Å². The first-order chi connectivity index (χ1) is 16.6. The fraction of sp³-hybridized carbons (Fsp3) is 0.462. The fourth-order valence-electron chi connectivity index (χ4n) is 4.39. The Balaban J connectivity index is 1.25. The van der Waals surface area contributed by atoms with E-state index in [-0.39, 0.29) is 24.5 Å². The van der Waals surface area contributed by atoms with Crippen LogP contribution in [-0.4, -0.2) is 98.8 Å². The molecule has 2 aromatic carbocycles. The summed E-state index contributed by atoms with van der Waals surface area (Å²) in [4.78, 5) is 31.7. The lowest BCUT2D eigenvalue weighted by Gasteiger charge is -2.35. The fourth-order valence-corrected chi connectivity index (χ4v) is 4.39. The van der Waals surface area contributed by atoms with Gasteiger partial charge < -0.3 is 24.0 Å². The van der Waals surface area contributed by atoms with E-state index in [4.69, 9.17) is 14.2 Å². The lowest BCUT2D eigenvalue weighted by molar-refractivity contribution is -0.141. The molecule has 0 saturated carbocycles. The summed E-state index contributed by atoms with van der Waals surface area (Å²) in [6, 6.07) is 16.7. The Hall–Kier alpha value is -3.10. The van der Waals surface area contributed by atoms with Crippen LogP contribution in [0.5, 0.6) is 11.5 Å². The first-order valence-electron chi connectivity index (χ1n) is 11.9. The molecule has 0 aliphatic carbocycles. The third-order valence-corrected chi connectivity index (χ3v) is 6.25. The van der Waals surface area contributed by atoms with Gasteiger partial charge in [0, 0.05) is 44.8 Å². The van der Waals surface area contributed by atoms with Crippen LogP contribution in [0.15, 0.2) is 54.6 Å². The van der Waals surface area contributed by atoms with Gasteiger partial charge in [-0.3, -0.25) is 14.5 Å². The molecule has 2 amide bonds. The molecule has 2 heterocycles. The van der Waals surface area contributed by atoms with Gasteiger partial charge in [0.2, 0.25) is 0 Å². The second-order valence-corrected chi connectivity index (χ2v) is 8.61. The highest BCUT2D eigenvalue weighted by molar-refractivity contribution is 5.94. The van der Waals surface area contributed by atoms with E-state index in [0.717, 1.165) is 32.6 Å². The molecule has 4 rings (SSSR count). The van der Waals surface area contributed by atoms with Gasteiger partial charge in [-0.15, -0.1) is 0 Å². The van der Waals surface area contributed by atoms with Crippen LogP contribution in [0.1, 0.15) is 16.8 Å². The summed E-state index contributed by atoms with van der Waals surface area (Å²) in [7, 11) is 1.60. The number of amides is 2. The lowest BCUT2D eigenvalue weighted by Crippen LogP contribution is -2.51. The number of rotatable bonds is 7. The molecule has 0 aromatic heterocycles. The average molecular weight is 468 g/mol. The maximum atomic E-state index is 13.0. The number of ether oxygens (including phenoxy) is 3. The Bertz CT molecular complexity index is 954. The Labute approximate surface area is 201 Å². The molecule has 0 spiro atoms. The zero-order valence-corrected chi connectivity index (χ0v) is 19.7. The number of methoxy groups -OCH3 is 1. The monoisotopic (exact) mass is 467 g/mol. The quantitative estimate of drug-likeness (QED) is 0.622. The summed E-state index contributed by atoms with van der Waals surface area (Å²) in [5.74, 6) is 1.39. The van der Waals surface area contributed by atoms with Crippen LogP contribution in [0.25, 0.3) is 0 Å². The van der Waals surface area contributed by atoms with Crippen molar-refractivity contribution >= 4 is 11.8 Å². The SMILES string of the molecule is COc1cccc(C(=O)N2CCCN(C[C@H]3CN(C(=O)COc4ccccc4)CCO3)CC2)c1. The molecule has 0 unspecified atom stereocenters. The summed E-state index contributed by atoms with van der Waals surface area (Å²) in [6.45, 7) is 5.49. The van der Waals surface area contributed by atoms with Crippen LogP contribution >= 0.6 is 0 Å². The second kappa shape index (κ2) is 11.9. The molecular formula is C26H33N3O5. The van der Waals surface area contributed by atoms with Crippen LogP contribution in [0.2, 0.25) is 0 Å². The van der Waals surface area contributed by atoms with Crippen LogP contribution in [0.4, 0.5) is 0 Å². The highest BCUT2D eigenvalue weighted by atomic mass is 16.5. The normalized spacial score (nSPS) is 19.4. The predicted molar refractivity (Wildman–Crippen MR) is 128 cm³/mol. The number of hydrogen-bond donors (Lipinski definition) is 0. The van der Waals surface area contributed by atoms with Crippen molar-refractivity contribution < 1.29 is 23.8 Å². The maximum absolute atomic E-state index is 13.0. The largest absolute Gasteiger partial charge is 0.497 e. The number of benzene rings is 2. The number of nitrogens with zero attached hydrogens (tertiary/aromatic N) is 3. The van der Waals surface area contributed by atoms with Gasteiger partial charge in [-0.2, -0.15) is 0 Å². The molecule has 2 aromatic rings. The van der Waals surface area contributed by atoms with Crippen molar-refractivity contribution in [2.75, 3.05) is 66.1 Å². The van der Waals surface area contributed by atoms with Gasteiger partial charge in [-0.25, -0.2) is 0 Å². The van der Waals surface area contributed by atoms with E-state index in [1.807, 2.05) is 58.3 Å². The van der Waals surface area contributed by atoms with E-state index < -0.39 is 0 Å². The van der Waals surface area contributed by atoms with E-state index >= 15 is 0 Å². The van der Waals surface area contributed by atoms with E-state index in [1.165, 1.54) is 0 Å². The molecule has 2 fully saturated rings. The van der Waals surface area contributed by atoms with Crippen LogP contribution in [0.3, 0.4) is 0 Å². The molecule has 1 atom stereocenters. The van der Waals surface area contributed by atoms with Crippen molar-refractivity contribution in [1.29, 1.82) is 0 Å². The summed E-state index contributed by atoms with van der Waals surface area (Å²) in [5.41, 5.74) is 0.648. The lowest BCUT2D eigenvalue weighted by atomic mass is 10.2. The summed E-state index contributed by atoms with van der Waals surface area (Å²) >= 11 is 0. The number of carbonyl (C=O) groups is 2. The van der Waals surface area contributed by atoms with E-state index in [0.29, 0.717) is 43.3 Å². The Kier molecular flexibility index (Phi) is 8.38. The minimum absolute atomic E-state index is 0.0249. The zero-order chi connectivity index (χ0) is 23.8. The average Bonchev–Trinajstić information content (AvgIpc) is 3.13. The van der Waals surface area contributed by atoms with Crippen molar-refractivity contribution in [3.8, 4) is 11.5 Å². The van der Waals surface area contributed by atoms with Gasteiger partial charge in [-0.05, 0) is 43.3 Å². The predicted octanol–water partition coefficient (Wildman–Crippen LogP) is 2.15. The second-order valence-electron chi connectivity index (χ2n) is 8.61. The van der Waals surface area contributed by atoms with Gasteiger partial charge >= 0.3 is 0 Å². The molecule has 0 bridgehead atoms. The summed E-state index contributed by atoms with van der Waals surface area (Å²) in [5, 5.41) is 0. The van der Waals surface area contributed by atoms with Gasteiger partial charge in [0.15, 0.2) is 6.61 Å². The van der Waals surface area contributed by atoms with Crippen molar-refractivity contribution in [3.05, 3.63) is 60.2 Å². The highest BCUT2D eigenvalue weighted by Gasteiger charge is 2.28. The molecule has 182 valence electrons. The molecule has 8 heteroatoms. The number of carbonyl (C=O) groups excluding carboxylic acids is 2. The smallest absolute Gasteiger partial charge is 0.260 e. The van der Waals surface area contributed by atoms with Gasteiger partial charge in [0.25, 0.3) is 11.8 Å². The minimum Gasteiger partial charge on any atom is -0.497 e. The third kappa shape index (κ3) is 6.48. The molecule has 8 nitrogen and oxygen atoms in total. The third-order valence-electron chi connectivity index (χ3n) is 6.25. The number of para-hydroxylation sites is 1. The topological polar surface area (TPSA) is 71.6 Å². The zero-order valence-electron chi connectivity index (χ0n) is 19.7. The van der Waals surface area contributed by atoms with Crippen molar-refractivity contribution in [2.24, 2.45) is 0 Å². The van der Waals surface area contributed by atoms with E-state index in [9.17, 15) is 9.59 Å². The molecule has 34 heavy (non-hydrogen) atoms. The first kappa shape index (κ1) is 24.0. The van der Waals surface area contributed by atoms with E-state index in [1.54, 1.807) is 13.2 Å².